The number of rotatable bonds is 5. The van der Waals surface area contributed by atoms with Gasteiger partial charge in [0, 0.05) is 30.3 Å². The van der Waals surface area contributed by atoms with Gasteiger partial charge in [0.05, 0.1) is 9.95 Å². The summed E-state index contributed by atoms with van der Waals surface area (Å²) in [5, 5.41) is 24.2. The van der Waals surface area contributed by atoms with Crippen LogP contribution in [-0.2, 0) is 13.1 Å². The van der Waals surface area contributed by atoms with Crippen molar-refractivity contribution in [3.05, 3.63) is 68.2 Å². The Morgan fingerprint density at radius 2 is 1.81 bits per heavy atom. The molecule has 6 heteroatoms. The highest BCUT2D eigenvalue weighted by atomic mass is 35.5. The topological polar surface area (TPSA) is 75.4 Å². The number of phenolic OH excluding ortho intramolecular Hbond substituents is 1. The molecule has 0 amide bonds. The van der Waals surface area contributed by atoms with Crippen LogP contribution < -0.4 is 5.32 Å². The first kappa shape index (κ1) is 15.3. The molecule has 0 aliphatic heterocycles. The Hall–Kier alpha value is -2.11. The third-order valence-corrected chi connectivity index (χ3v) is 3.62. The van der Waals surface area contributed by atoms with Gasteiger partial charge < -0.3 is 10.4 Å². The lowest BCUT2D eigenvalue weighted by Crippen LogP contribution is -2.14. The zero-order chi connectivity index (χ0) is 15.4. The number of halogens is 1. The van der Waals surface area contributed by atoms with Crippen LogP contribution in [0.5, 0.6) is 5.75 Å². The first-order valence-electron chi connectivity index (χ1n) is 6.40. The van der Waals surface area contributed by atoms with Gasteiger partial charge >= 0.3 is 0 Å². The summed E-state index contributed by atoms with van der Waals surface area (Å²) < 4.78 is 0. The molecule has 110 valence electrons. The molecule has 2 N–H and O–H groups in total. The molecule has 0 fully saturated rings. The molecule has 0 atom stereocenters. The Kier molecular flexibility index (Phi) is 4.77. The van der Waals surface area contributed by atoms with Crippen molar-refractivity contribution >= 4 is 17.3 Å². The fourth-order valence-electron chi connectivity index (χ4n) is 2.09. The highest BCUT2D eigenvalue weighted by Gasteiger charge is 2.13. The van der Waals surface area contributed by atoms with Gasteiger partial charge in [0.1, 0.15) is 5.75 Å². The molecular weight excluding hydrogens is 292 g/mol. The van der Waals surface area contributed by atoms with Gasteiger partial charge in [-0.25, -0.2) is 0 Å². The van der Waals surface area contributed by atoms with E-state index in [1.54, 1.807) is 31.2 Å². The number of nitro groups is 1. The summed E-state index contributed by atoms with van der Waals surface area (Å²) >= 11 is 5.84. The van der Waals surface area contributed by atoms with Crippen LogP contribution in [0.15, 0.2) is 36.4 Å². The monoisotopic (exact) mass is 306 g/mol. The van der Waals surface area contributed by atoms with E-state index in [1.165, 1.54) is 6.07 Å². The number of nitro benzene ring substituents is 1. The molecule has 0 aliphatic rings. The molecule has 0 bridgehead atoms. The molecule has 0 saturated heterocycles. The number of hydrogen-bond donors (Lipinski definition) is 2. The highest BCUT2D eigenvalue weighted by Crippen LogP contribution is 2.27. The summed E-state index contributed by atoms with van der Waals surface area (Å²) in [6.45, 7) is 2.62. The minimum Gasteiger partial charge on any atom is -0.506 e. The third kappa shape index (κ3) is 3.51. The van der Waals surface area contributed by atoms with Crippen LogP contribution in [0, 0.1) is 17.0 Å². The van der Waals surface area contributed by atoms with Crippen LogP contribution in [0.3, 0.4) is 0 Å². The molecule has 0 saturated carbocycles. The van der Waals surface area contributed by atoms with Crippen molar-refractivity contribution in [2.24, 2.45) is 0 Å². The molecule has 2 aromatic carbocycles. The summed E-state index contributed by atoms with van der Waals surface area (Å²) in [6, 6.07) is 10.1. The minimum atomic E-state index is -0.387. The SMILES string of the molecule is Cc1c(CNCc2cccc(Cl)c2O)cccc1[N+](=O)[O-]. The van der Waals surface area contributed by atoms with E-state index in [4.69, 9.17) is 11.6 Å². The molecule has 0 unspecified atom stereocenters. The van der Waals surface area contributed by atoms with E-state index >= 15 is 0 Å². The van der Waals surface area contributed by atoms with Gasteiger partial charge in [0.25, 0.3) is 5.69 Å². The molecule has 0 radical (unpaired) electrons. The van der Waals surface area contributed by atoms with Crippen molar-refractivity contribution in [1.82, 2.24) is 5.32 Å². The number of nitrogens with zero attached hydrogens (tertiary/aromatic N) is 1. The van der Waals surface area contributed by atoms with Crippen molar-refractivity contribution in [2.45, 2.75) is 20.0 Å². The van der Waals surface area contributed by atoms with Gasteiger partial charge in [-0.1, -0.05) is 35.9 Å². The fourth-order valence-corrected chi connectivity index (χ4v) is 2.29. The van der Waals surface area contributed by atoms with Crippen LogP contribution in [0.4, 0.5) is 5.69 Å². The first-order valence-corrected chi connectivity index (χ1v) is 6.78. The molecule has 2 aromatic rings. The van der Waals surface area contributed by atoms with E-state index in [-0.39, 0.29) is 16.4 Å². The average Bonchev–Trinajstić information content (AvgIpc) is 2.45. The van der Waals surface area contributed by atoms with Crippen molar-refractivity contribution < 1.29 is 10.0 Å². The predicted octanol–water partition coefficient (Wildman–Crippen LogP) is 3.55. The van der Waals surface area contributed by atoms with E-state index in [2.05, 4.69) is 5.32 Å². The molecule has 5 nitrogen and oxygen atoms in total. The zero-order valence-corrected chi connectivity index (χ0v) is 12.2. The molecule has 21 heavy (non-hydrogen) atoms. The quantitative estimate of drug-likeness (QED) is 0.654. The number of para-hydroxylation sites is 1. The standard InChI is InChI=1S/C15H15ClN2O3/c1-10-11(4-3-7-14(10)18(20)21)8-17-9-12-5-2-6-13(16)15(12)19/h2-7,17,19H,8-9H2,1H3. The zero-order valence-electron chi connectivity index (χ0n) is 11.5. The number of phenols is 1. The van der Waals surface area contributed by atoms with Gasteiger partial charge in [0.2, 0.25) is 0 Å². The smallest absolute Gasteiger partial charge is 0.272 e. The third-order valence-electron chi connectivity index (χ3n) is 3.32. The van der Waals surface area contributed by atoms with Crippen LogP contribution in [0.1, 0.15) is 16.7 Å². The summed E-state index contributed by atoms with van der Waals surface area (Å²) in [7, 11) is 0. The molecule has 0 spiro atoms. The van der Waals surface area contributed by atoms with E-state index < -0.39 is 0 Å². The second-order valence-electron chi connectivity index (χ2n) is 4.67. The van der Waals surface area contributed by atoms with Gasteiger partial charge in [-0.05, 0) is 18.6 Å². The molecule has 0 aromatic heterocycles. The van der Waals surface area contributed by atoms with Crippen LogP contribution in [0.2, 0.25) is 5.02 Å². The second kappa shape index (κ2) is 6.56. The molecular formula is C15H15ClN2O3. The van der Waals surface area contributed by atoms with E-state index in [1.807, 2.05) is 6.07 Å². The van der Waals surface area contributed by atoms with Gasteiger partial charge in [0.15, 0.2) is 0 Å². The van der Waals surface area contributed by atoms with Crippen molar-refractivity contribution in [3.8, 4) is 5.75 Å². The van der Waals surface area contributed by atoms with E-state index in [0.717, 1.165) is 5.56 Å². The van der Waals surface area contributed by atoms with E-state index in [9.17, 15) is 15.2 Å². The minimum absolute atomic E-state index is 0.0578. The maximum atomic E-state index is 10.9. The summed E-state index contributed by atoms with van der Waals surface area (Å²) in [4.78, 5) is 10.5. The lowest BCUT2D eigenvalue weighted by atomic mass is 10.1. The lowest BCUT2D eigenvalue weighted by Gasteiger charge is -2.10. The number of benzene rings is 2. The number of hydrogen-bond acceptors (Lipinski definition) is 4. The average molecular weight is 307 g/mol. The maximum absolute atomic E-state index is 10.9. The Balaban J connectivity index is 2.06. The van der Waals surface area contributed by atoms with Crippen LogP contribution in [0.25, 0.3) is 0 Å². The Bertz CT molecular complexity index is 674. The molecule has 0 heterocycles. The second-order valence-corrected chi connectivity index (χ2v) is 5.08. The van der Waals surface area contributed by atoms with Crippen molar-refractivity contribution in [3.63, 3.8) is 0 Å². The van der Waals surface area contributed by atoms with Crippen LogP contribution in [-0.4, -0.2) is 10.0 Å². The number of aromatic hydroxyl groups is 1. The Morgan fingerprint density at radius 1 is 1.19 bits per heavy atom. The van der Waals surface area contributed by atoms with Crippen LogP contribution >= 0.6 is 11.6 Å². The summed E-state index contributed by atoms with van der Waals surface area (Å²) in [5.41, 5.74) is 2.29. The first-order chi connectivity index (χ1) is 10.0. The lowest BCUT2D eigenvalue weighted by molar-refractivity contribution is -0.385. The van der Waals surface area contributed by atoms with Gasteiger partial charge in [-0.15, -0.1) is 0 Å². The predicted molar refractivity (Wildman–Crippen MR) is 81.5 cm³/mol. The fraction of sp³-hybridized carbons (Fsp3) is 0.200. The van der Waals surface area contributed by atoms with Crippen molar-refractivity contribution in [1.29, 1.82) is 0 Å². The largest absolute Gasteiger partial charge is 0.506 e. The van der Waals surface area contributed by atoms with Gasteiger partial charge in [-0.2, -0.15) is 0 Å². The Morgan fingerprint density at radius 3 is 2.52 bits per heavy atom. The van der Waals surface area contributed by atoms with Gasteiger partial charge in [-0.3, -0.25) is 10.1 Å². The molecule has 2 rings (SSSR count). The summed E-state index contributed by atoms with van der Waals surface area (Å²) in [5.74, 6) is 0.0578. The summed E-state index contributed by atoms with van der Waals surface area (Å²) in [6.07, 6.45) is 0. The van der Waals surface area contributed by atoms with Crippen molar-refractivity contribution in [2.75, 3.05) is 0 Å². The Labute approximate surface area is 127 Å². The highest BCUT2D eigenvalue weighted by molar-refractivity contribution is 6.32. The normalized spacial score (nSPS) is 10.6. The maximum Gasteiger partial charge on any atom is 0.272 e. The molecule has 0 aliphatic carbocycles. The number of nitrogens with one attached hydrogen (secondary N) is 1. The van der Waals surface area contributed by atoms with E-state index in [0.29, 0.717) is 29.2 Å².